The highest BCUT2D eigenvalue weighted by atomic mass is 16.2. The summed E-state index contributed by atoms with van der Waals surface area (Å²) in [5.41, 5.74) is 0.0964. The molecule has 1 heterocycles. The van der Waals surface area contributed by atoms with E-state index in [1.165, 1.54) is 6.08 Å². The van der Waals surface area contributed by atoms with Crippen molar-refractivity contribution in [2.24, 2.45) is 0 Å². The number of hydrogen-bond donors (Lipinski definition) is 1. The van der Waals surface area contributed by atoms with Crippen molar-refractivity contribution in [3.8, 4) is 0 Å². The van der Waals surface area contributed by atoms with Gasteiger partial charge in [0.25, 0.3) is 0 Å². The van der Waals surface area contributed by atoms with E-state index < -0.39 is 0 Å². The molecular formula is C13H24N2O. The number of nitrogens with zero attached hydrogens (tertiary/aromatic N) is 1. The molecule has 1 amide bonds. The van der Waals surface area contributed by atoms with Crippen LogP contribution in [-0.2, 0) is 4.79 Å². The first-order valence-corrected chi connectivity index (χ1v) is 6.06. The van der Waals surface area contributed by atoms with Gasteiger partial charge in [-0.2, -0.15) is 0 Å². The molecule has 0 aromatic heterocycles. The summed E-state index contributed by atoms with van der Waals surface area (Å²) in [6.45, 7) is 13.0. The van der Waals surface area contributed by atoms with Crippen LogP contribution in [-0.4, -0.2) is 35.0 Å². The van der Waals surface area contributed by atoms with Gasteiger partial charge in [0, 0.05) is 24.2 Å². The second-order valence-corrected chi connectivity index (χ2v) is 5.62. The van der Waals surface area contributed by atoms with Gasteiger partial charge in [-0.3, -0.25) is 4.79 Å². The van der Waals surface area contributed by atoms with Gasteiger partial charge in [-0.05, 0) is 46.6 Å². The fraction of sp³-hybridized carbons (Fsp3) is 0.769. The third kappa shape index (κ3) is 3.34. The average molecular weight is 224 g/mol. The Hall–Kier alpha value is -0.830. The molecule has 1 rings (SSSR count). The maximum atomic E-state index is 11.7. The van der Waals surface area contributed by atoms with Gasteiger partial charge in [-0.1, -0.05) is 6.58 Å². The van der Waals surface area contributed by atoms with Crippen molar-refractivity contribution in [2.75, 3.05) is 6.54 Å². The van der Waals surface area contributed by atoms with Crippen LogP contribution in [0.25, 0.3) is 0 Å². The Morgan fingerprint density at radius 3 is 2.62 bits per heavy atom. The minimum absolute atomic E-state index is 0.0490. The number of rotatable bonds is 2. The summed E-state index contributed by atoms with van der Waals surface area (Å²) in [7, 11) is 0. The summed E-state index contributed by atoms with van der Waals surface area (Å²) >= 11 is 0. The number of carbonyl (C=O) groups is 1. The van der Waals surface area contributed by atoms with Crippen LogP contribution < -0.4 is 5.32 Å². The lowest BCUT2D eigenvalue weighted by molar-refractivity contribution is -0.130. The average Bonchev–Trinajstić information content (AvgIpc) is 2.18. The zero-order valence-electron chi connectivity index (χ0n) is 10.9. The van der Waals surface area contributed by atoms with Gasteiger partial charge in [0.05, 0.1) is 0 Å². The van der Waals surface area contributed by atoms with Gasteiger partial charge in [0.15, 0.2) is 0 Å². The normalized spacial score (nSPS) is 26.6. The van der Waals surface area contributed by atoms with Crippen LogP contribution in [0.3, 0.4) is 0 Å². The minimum atomic E-state index is 0.0490. The number of likely N-dealkylation sites (tertiary alicyclic amines) is 1. The first kappa shape index (κ1) is 13.2. The first-order valence-electron chi connectivity index (χ1n) is 6.06. The van der Waals surface area contributed by atoms with Gasteiger partial charge in [-0.15, -0.1) is 0 Å². The third-order valence-corrected chi connectivity index (χ3v) is 3.06. The summed E-state index contributed by atoms with van der Waals surface area (Å²) < 4.78 is 0. The van der Waals surface area contributed by atoms with Crippen molar-refractivity contribution in [2.45, 2.75) is 58.2 Å². The molecular weight excluding hydrogens is 200 g/mol. The molecule has 1 aliphatic rings. The molecule has 1 saturated heterocycles. The molecule has 0 bridgehead atoms. The summed E-state index contributed by atoms with van der Waals surface area (Å²) in [5, 5.41) is 3.59. The molecule has 2 atom stereocenters. The van der Waals surface area contributed by atoms with E-state index in [1.807, 2.05) is 4.90 Å². The van der Waals surface area contributed by atoms with Crippen molar-refractivity contribution in [3.63, 3.8) is 0 Å². The van der Waals surface area contributed by atoms with E-state index in [4.69, 9.17) is 0 Å². The zero-order valence-corrected chi connectivity index (χ0v) is 10.9. The lowest BCUT2D eigenvalue weighted by Crippen LogP contribution is -2.58. The van der Waals surface area contributed by atoms with Crippen LogP contribution in [0, 0.1) is 0 Å². The van der Waals surface area contributed by atoms with E-state index in [-0.39, 0.29) is 17.5 Å². The summed E-state index contributed by atoms with van der Waals surface area (Å²) in [6.07, 6.45) is 3.62. The fourth-order valence-corrected chi connectivity index (χ4v) is 2.32. The summed E-state index contributed by atoms with van der Waals surface area (Å²) in [4.78, 5) is 13.6. The quantitative estimate of drug-likeness (QED) is 0.727. The van der Waals surface area contributed by atoms with Crippen molar-refractivity contribution >= 4 is 5.91 Å². The zero-order chi connectivity index (χ0) is 12.3. The SMILES string of the molecule is C=CC(=O)N1CCC[C@@H](NC(C)(C)C)[C@H]1C. The molecule has 0 radical (unpaired) electrons. The molecule has 0 aliphatic carbocycles. The number of nitrogens with one attached hydrogen (secondary N) is 1. The highest BCUT2D eigenvalue weighted by molar-refractivity contribution is 5.87. The number of piperidine rings is 1. The molecule has 0 spiro atoms. The molecule has 3 heteroatoms. The molecule has 0 aromatic rings. The Bertz CT molecular complexity index is 268. The van der Waals surface area contributed by atoms with Crippen molar-refractivity contribution in [3.05, 3.63) is 12.7 Å². The number of amides is 1. The number of hydrogen-bond acceptors (Lipinski definition) is 2. The van der Waals surface area contributed by atoms with Crippen LogP contribution in [0.15, 0.2) is 12.7 Å². The predicted octanol–water partition coefficient (Wildman–Crippen LogP) is 1.94. The van der Waals surface area contributed by atoms with Crippen LogP contribution in [0.4, 0.5) is 0 Å². The highest BCUT2D eigenvalue weighted by Gasteiger charge is 2.31. The second kappa shape index (κ2) is 5.00. The first-order chi connectivity index (χ1) is 7.35. The minimum Gasteiger partial charge on any atom is -0.335 e. The molecule has 16 heavy (non-hydrogen) atoms. The monoisotopic (exact) mass is 224 g/mol. The predicted molar refractivity (Wildman–Crippen MR) is 67.3 cm³/mol. The molecule has 92 valence electrons. The molecule has 1 aliphatic heterocycles. The van der Waals surface area contributed by atoms with Crippen LogP contribution >= 0.6 is 0 Å². The van der Waals surface area contributed by atoms with Gasteiger partial charge in [-0.25, -0.2) is 0 Å². The van der Waals surface area contributed by atoms with Crippen LogP contribution in [0.1, 0.15) is 40.5 Å². The third-order valence-electron chi connectivity index (χ3n) is 3.06. The van der Waals surface area contributed by atoms with Crippen molar-refractivity contribution < 1.29 is 4.79 Å². The maximum Gasteiger partial charge on any atom is 0.246 e. The largest absolute Gasteiger partial charge is 0.335 e. The molecule has 0 unspecified atom stereocenters. The van der Waals surface area contributed by atoms with E-state index in [1.54, 1.807) is 0 Å². The van der Waals surface area contributed by atoms with Crippen LogP contribution in [0.5, 0.6) is 0 Å². The second-order valence-electron chi connectivity index (χ2n) is 5.62. The Morgan fingerprint density at radius 1 is 1.50 bits per heavy atom. The molecule has 0 saturated carbocycles. The van der Waals surface area contributed by atoms with Gasteiger partial charge in [0.2, 0.25) is 5.91 Å². The molecule has 1 N–H and O–H groups in total. The van der Waals surface area contributed by atoms with Gasteiger partial charge in [0.1, 0.15) is 0 Å². The lowest BCUT2D eigenvalue weighted by atomic mass is 9.94. The molecule has 1 fully saturated rings. The lowest BCUT2D eigenvalue weighted by Gasteiger charge is -2.42. The fourth-order valence-electron chi connectivity index (χ4n) is 2.32. The van der Waals surface area contributed by atoms with E-state index in [0.29, 0.717) is 6.04 Å². The van der Waals surface area contributed by atoms with Gasteiger partial charge < -0.3 is 10.2 Å². The van der Waals surface area contributed by atoms with Crippen molar-refractivity contribution in [1.29, 1.82) is 0 Å². The maximum absolute atomic E-state index is 11.7. The Morgan fingerprint density at radius 2 is 2.12 bits per heavy atom. The van der Waals surface area contributed by atoms with Crippen molar-refractivity contribution in [1.82, 2.24) is 10.2 Å². The van der Waals surface area contributed by atoms with E-state index in [2.05, 4.69) is 39.6 Å². The summed E-state index contributed by atoms with van der Waals surface area (Å²) in [6, 6.07) is 0.635. The van der Waals surface area contributed by atoms with E-state index >= 15 is 0 Å². The van der Waals surface area contributed by atoms with E-state index in [9.17, 15) is 4.79 Å². The van der Waals surface area contributed by atoms with Gasteiger partial charge >= 0.3 is 0 Å². The van der Waals surface area contributed by atoms with Crippen LogP contribution in [0.2, 0.25) is 0 Å². The smallest absolute Gasteiger partial charge is 0.246 e. The summed E-state index contributed by atoms with van der Waals surface area (Å²) in [5.74, 6) is 0.0490. The Labute approximate surface area is 98.9 Å². The number of carbonyl (C=O) groups excluding carboxylic acids is 1. The Kier molecular flexibility index (Phi) is 4.14. The topological polar surface area (TPSA) is 32.3 Å². The standard InChI is InChI=1S/C13H24N2O/c1-6-12(16)15-9-7-8-11(10(15)2)14-13(3,4)5/h6,10-11,14H,1,7-9H2,2-5H3/t10-,11-/m1/s1. The molecule has 0 aromatic carbocycles. The van der Waals surface area contributed by atoms with E-state index in [0.717, 1.165) is 19.4 Å². The highest BCUT2D eigenvalue weighted by Crippen LogP contribution is 2.20. The molecule has 3 nitrogen and oxygen atoms in total. The Balaban J connectivity index is 2.67.